The van der Waals surface area contributed by atoms with Crippen molar-refractivity contribution in [1.29, 1.82) is 0 Å². The largest absolute Gasteiger partial charge is 0.480 e. The molecule has 1 aromatic rings. The number of carbonyl (C=O) groups is 3. The Kier molecular flexibility index (Phi) is 5.65. The molecule has 1 atom stereocenters. The summed E-state index contributed by atoms with van der Waals surface area (Å²) in [5, 5.41) is 11.7. The molecule has 124 valence electrons. The summed E-state index contributed by atoms with van der Waals surface area (Å²) in [7, 11) is 0. The van der Waals surface area contributed by atoms with Crippen LogP contribution in [0.25, 0.3) is 0 Å². The topological polar surface area (TPSA) is 86.7 Å². The van der Waals surface area contributed by atoms with E-state index in [1.54, 1.807) is 6.07 Å². The third kappa shape index (κ3) is 4.48. The van der Waals surface area contributed by atoms with Crippen LogP contribution in [-0.2, 0) is 14.4 Å². The molecule has 0 radical (unpaired) electrons. The van der Waals surface area contributed by atoms with Crippen molar-refractivity contribution in [3.05, 3.63) is 24.3 Å². The zero-order valence-corrected chi connectivity index (χ0v) is 13.9. The number of thioether (sulfide) groups is 1. The SMILES string of the molecule is CC(C)C[C@H](NC(=O)CN1C(=O)CSc2ccccc21)C(=O)O. The Labute approximate surface area is 139 Å². The van der Waals surface area contributed by atoms with Crippen LogP contribution in [0.5, 0.6) is 0 Å². The van der Waals surface area contributed by atoms with Crippen molar-refractivity contribution in [2.45, 2.75) is 31.2 Å². The molecule has 2 amide bonds. The second-order valence-electron chi connectivity index (χ2n) is 5.82. The number of benzene rings is 1. The number of hydrogen-bond donors (Lipinski definition) is 2. The number of aliphatic carboxylic acids is 1. The number of para-hydroxylation sites is 1. The Balaban J connectivity index is 2.07. The smallest absolute Gasteiger partial charge is 0.326 e. The first kappa shape index (κ1) is 17.3. The average molecular weight is 336 g/mol. The highest BCUT2D eigenvalue weighted by atomic mass is 32.2. The van der Waals surface area contributed by atoms with Gasteiger partial charge in [0.25, 0.3) is 0 Å². The first-order chi connectivity index (χ1) is 10.9. The normalized spacial score (nSPS) is 15.3. The van der Waals surface area contributed by atoms with Gasteiger partial charge in [-0.1, -0.05) is 26.0 Å². The number of rotatable bonds is 6. The molecule has 23 heavy (non-hydrogen) atoms. The lowest BCUT2D eigenvalue weighted by Gasteiger charge is -2.28. The number of carboxylic acids is 1. The number of amides is 2. The molecule has 0 bridgehead atoms. The molecule has 6 nitrogen and oxygen atoms in total. The minimum absolute atomic E-state index is 0.144. The summed E-state index contributed by atoms with van der Waals surface area (Å²) in [5.74, 6) is -1.26. The van der Waals surface area contributed by atoms with Gasteiger partial charge >= 0.3 is 5.97 Å². The quantitative estimate of drug-likeness (QED) is 0.826. The molecule has 0 spiro atoms. The van der Waals surface area contributed by atoms with Gasteiger partial charge < -0.3 is 15.3 Å². The van der Waals surface area contributed by atoms with Crippen molar-refractivity contribution in [1.82, 2.24) is 5.32 Å². The number of nitrogens with one attached hydrogen (secondary N) is 1. The van der Waals surface area contributed by atoms with E-state index in [4.69, 9.17) is 0 Å². The van der Waals surface area contributed by atoms with Crippen molar-refractivity contribution >= 4 is 35.2 Å². The minimum Gasteiger partial charge on any atom is -0.480 e. The predicted molar refractivity (Wildman–Crippen MR) is 88.5 cm³/mol. The van der Waals surface area contributed by atoms with Crippen molar-refractivity contribution in [3.63, 3.8) is 0 Å². The molecule has 1 heterocycles. The van der Waals surface area contributed by atoms with Crippen LogP contribution in [0.2, 0.25) is 0 Å². The maximum Gasteiger partial charge on any atom is 0.326 e. The van der Waals surface area contributed by atoms with Crippen LogP contribution >= 0.6 is 11.8 Å². The number of nitrogens with zero attached hydrogens (tertiary/aromatic N) is 1. The van der Waals surface area contributed by atoms with Gasteiger partial charge in [-0.2, -0.15) is 0 Å². The summed E-state index contributed by atoms with van der Waals surface area (Å²) in [6.07, 6.45) is 0.349. The molecule has 0 aromatic heterocycles. The molecule has 0 saturated heterocycles. The van der Waals surface area contributed by atoms with E-state index in [1.165, 1.54) is 16.7 Å². The lowest BCUT2D eigenvalue weighted by molar-refractivity contribution is -0.142. The number of fused-ring (bicyclic) bond motifs is 1. The van der Waals surface area contributed by atoms with Gasteiger partial charge in [0.05, 0.1) is 11.4 Å². The van der Waals surface area contributed by atoms with Crippen LogP contribution in [0.1, 0.15) is 20.3 Å². The van der Waals surface area contributed by atoms with E-state index in [1.807, 2.05) is 32.0 Å². The molecular weight excluding hydrogens is 316 g/mol. The second-order valence-corrected chi connectivity index (χ2v) is 6.84. The van der Waals surface area contributed by atoms with Gasteiger partial charge in [0.1, 0.15) is 12.6 Å². The summed E-state index contributed by atoms with van der Waals surface area (Å²) in [5.41, 5.74) is 0.694. The summed E-state index contributed by atoms with van der Waals surface area (Å²) in [4.78, 5) is 37.9. The zero-order chi connectivity index (χ0) is 17.0. The van der Waals surface area contributed by atoms with Crippen LogP contribution < -0.4 is 10.2 Å². The van der Waals surface area contributed by atoms with Crippen LogP contribution in [-0.4, -0.2) is 41.2 Å². The van der Waals surface area contributed by atoms with Gasteiger partial charge in [-0.25, -0.2) is 4.79 Å². The molecule has 2 rings (SSSR count). The van der Waals surface area contributed by atoms with Gasteiger partial charge in [0, 0.05) is 4.90 Å². The maximum absolute atomic E-state index is 12.2. The highest BCUT2D eigenvalue weighted by molar-refractivity contribution is 8.00. The maximum atomic E-state index is 12.2. The minimum atomic E-state index is -1.06. The highest BCUT2D eigenvalue weighted by Gasteiger charge is 2.28. The van der Waals surface area contributed by atoms with E-state index < -0.39 is 17.9 Å². The Morgan fingerprint density at radius 1 is 1.35 bits per heavy atom. The third-order valence-electron chi connectivity index (χ3n) is 3.45. The Morgan fingerprint density at radius 3 is 2.70 bits per heavy atom. The summed E-state index contributed by atoms with van der Waals surface area (Å²) < 4.78 is 0. The number of carbonyl (C=O) groups excluding carboxylic acids is 2. The molecule has 0 fully saturated rings. The van der Waals surface area contributed by atoms with E-state index in [0.29, 0.717) is 12.1 Å². The van der Waals surface area contributed by atoms with Gasteiger partial charge in [-0.05, 0) is 24.5 Å². The number of anilines is 1. The van der Waals surface area contributed by atoms with E-state index in [0.717, 1.165) is 4.90 Å². The average Bonchev–Trinajstić information content (AvgIpc) is 2.49. The molecule has 0 saturated carbocycles. The second kappa shape index (κ2) is 7.50. The van der Waals surface area contributed by atoms with Gasteiger partial charge in [0.15, 0.2) is 0 Å². The van der Waals surface area contributed by atoms with Gasteiger partial charge in [0.2, 0.25) is 11.8 Å². The van der Waals surface area contributed by atoms with Crippen molar-refractivity contribution in [3.8, 4) is 0 Å². The fourth-order valence-electron chi connectivity index (χ4n) is 2.40. The molecule has 0 unspecified atom stereocenters. The van der Waals surface area contributed by atoms with Crippen molar-refractivity contribution in [2.75, 3.05) is 17.2 Å². The Morgan fingerprint density at radius 2 is 2.04 bits per heavy atom. The molecular formula is C16H20N2O4S. The molecule has 1 aliphatic rings. The van der Waals surface area contributed by atoms with Gasteiger partial charge in [-0.3, -0.25) is 9.59 Å². The van der Waals surface area contributed by atoms with Crippen molar-refractivity contribution < 1.29 is 19.5 Å². The standard InChI is InChI=1S/C16H20N2O4S/c1-10(2)7-11(16(21)22)17-14(19)8-18-12-5-3-4-6-13(12)23-9-15(18)20/h3-6,10-11H,7-9H2,1-2H3,(H,17,19)(H,21,22)/t11-/m0/s1. The molecule has 1 aliphatic heterocycles. The molecule has 1 aromatic carbocycles. The fourth-order valence-corrected chi connectivity index (χ4v) is 3.34. The number of hydrogen-bond acceptors (Lipinski definition) is 4. The van der Waals surface area contributed by atoms with E-state index >= 15 is 0 Å². The molecule has 2 N–H and O–H groups in total. The Hall–Kier alpha value is -2.02. The van der Waals surface area contributed by atoms with Gasteiger partial charge in [-0.15, -0.1) is 11.8 Å². The lowest BCUT2D eigenvalue weighted by atomic mass is 10.0. The summed E-state index contributed by atoms with van der Waals surface area (Å²) in [6, 6.07) is 6.43. The third-order valence-corrected chi connectivity index (χ3v) is 4.50. The summed E-state index contributed by atoms with van der Waals surface area (Å²) in [6.45, 7) is 3.62. The zero-order valence-electron chi connectivity index (χ0n) is 13.1. The van der Waals surface area contributed by atoms with Crippen molar-refractivity contribution in [2.24, 2.45) is 5.92 Å². The summed E-state index contributed by atoms with van der Waals surface area (Å²) >= 11 is 1.44. The predicted octanol–water partition coefficient (Wildman–Crippen LogP) is 1.74. The van der Waals surface area contributed by atoms with E-state index in [2.05, 4.69) is 5.32 Å². The lowest BCUT2D eigenvalue weighted by Crippen LogP contribution is -2.48. The Bertz CT molecular complexity index is 618. The van der Waals surface area contributed by atoms with Crippen LogP contribution in [0.3, 0.4) is 0 Å². The highest BCUT2D eigenvalue weighted by Crippen LogP contribution is 2.34. The van der Waals surface area contributed by atoms with Crippen LogP contribution in [0.15, 0.2) is 29.2 Å². The van der Waals surface area contributed by atoms with Crippen LogP contribution in [0, 0.1) is 5.92 Å². The monoisotopic (exact) mass is 336 g/mol. The fraction of sp³-hybridized carbons (Fsp3) is 0.438. The molecule has 0 aliphatic carbocycles. The molecule has 7 heteroatoms. The van der Waals surface area contributed by atoms with E-state index in [-0.39, 0.29) is 24.1 Å². The number of carboxylic acid groups (broad SMARTS) is 1. The van der Waals surface area contributed by atoms with Crippen LogP contribution in [0.4, 0.5) is 5.69 Å². The van der Waals surface area contributed by atoms with E-state index in [9.17, 15) is 19.5 Å². The first-order valence-electron chi connectivity index (χ1n) is 7.43. The first-order valence-corrected chi connectivity index (χ1v) is 8.41.